The molecule has 1 aliphatic heterocycles. The number of hydrogen-bond acceptors (Lipinski definition) is 3. The van der Waals surface area contributed by atoms with Crippen LogP contribution in [0.5, 0.6) is 0 Å². The maximum Gasteiger partial charge on any atom is 0.256 e. The lowest BCUT2D eigenvalue weighted by Gasteiger charge is -2.23. The van der Waals surface area contributed by atoms with E-state index in [2.05, 4.69) is 9.88 Å². The maximum atomic E-state index is 13.8. The van der Waals surface area contributed by atoms with Crippen molar-refractivity contribution in [2.45, 2.75) is 13.3 Å². The molecule has 3 rings (SSSR count). The molecule has 0 atom stereocenters. The Balaban J connectivity index is 1.71. The lowest BCUT2D eigenvalue weighted by atomic mass is 10.2. The van der Waals surface area contributed by atoms with Crippen LogP contribution in [0.4, 0.5) is 10.2 Å². The number of anilines is 1. The van der Waals surface area contributed by atoms with Crippen LogP contribution in [0.3, 0.4) is 0 Å². The first-order chi connectivity index (χ1) is 11.1. The van der Waals surface area contributed by atoms with Gasteiger partial charge < -0.3 is 9.80 Å². The number of aryl methyl sites for hydroxylation is 1. The van der Waals surface area contributed by atoms with Crippen LogP contribution in [0.25, 0.3) is 0 Å². The minimum Gasteiger partial charge on any atom is -0.355 e. The van der Waals surface area contributed by atoms with E-state index in [-0.39, 0.29) is 11.5 Å². The first kappa shape index (κ1) is 15.5. The predicted octanol–water partition coefficient (Wildman–Crippen LogP) is 2.88. The average Bonchev–Trinajstić information content (AvgIpc) is 2.81. The highest BCUT2D eigenvalue weighted by molar-refractivity contribution is 5.94. The molecule has 0 radical (unpaired) electrons. The number of pyridine rings is 1. The van der Waals surface area contributed by atoms with Crippen LogP contribution in [0.1, 0.15) is 22.5 Å². The maximum absolute atomic E-state index is 13.8. The molecule has 4 nitrogen and oxygen atoms in total. The Labute approximate surface area is 135 Å². The number of rotatable bonds is 2. The largest absolute Gasteiger partial charge is 0.355 e. The van der Waals surface area contributed by atoms with Gasteiger partial charge in [-0.05, 0) is 37.6 Å². The molecule has 1 aliphatic rings. The van der Waals surface area contributed by atoms with Crippen molar-refractivity contribution < 1.29 is 9.18 Å². The van der Waals surface area contributed by atoms with Crippen LogP contribution in [-0.4, -0.2) is 42.0 Å². The number of nitrogens with zero attached hydrogens (tertiary/aromatic N) is 3. The van der Waals surface area contributed by atoms with E-state index in [0.29, 0.717) is 19.6 Å². The molecule has 0 N–H and O–H groups in total. The Morgan fingerprint density at radius 2 is 1.87 bits per heavy atom. The fourth-order valence-electron chi connectivity index (χ4n) is 2.86. The minimum atomic E-state index is -0.459. The number of aromatic nitrogens is 1. The summed E-state index contributed by atoms with van der Waals surface area (Å²) in [6, 6.07) is 12.1. The van der Waals surface area contributed by atoms with Gasteiger partial charge in [-0.1, -0.05) is 18.2 Å². The molecular formula is C18H20FN3O. The molecule has 0 bridgehead atoms. The Morgan fingerprint density at radius 1 is 1.04 bits per heavy atom. The molecule has 0 saturated carbocycles. The van der Waals surface area contributed by atoms with Gasteiger partial charge in [0.2, 0.25) is 0 Å². The summed E-state index contributed by atoms with van der Waals surface area (Å²) in [7, 11) is 0. The van der Waals surface area contributed by atoms with Gasteiger partial charge in [-0.25, -0.2) is 9.37 Å². The van der Waals surface area contributed by atoms with Gasteiger partial charge >= 0.3 is 0 Å². The van der Waals surface area contributed by atoms with E-state index in [4.69, 9.17) is 0 Å². The first-order valence-electron chi connectivity index (χ1n) is 7.87. The zero-order valence-corrected chi connectivity index (χ0v) is 13.2. The smallest absolute Gasteiger partial charge is 0.256 e. The number of hydrogen-bond donors (Lipinski definition) is 0. The molecule has 2 heterocycles. The molecule has 1 aromatic carbocycles. The van der Waals surface area contributed by atoms with Crippen LogP contribution >= 0.6 is 0 Å². The van der Waals surface area contributed by atoms with E-state index < -0.39 is 5.82 Å². The van der Waals surface area contributed by atoms with Crippen molar-refractivity contribution in [2.24, 2.45) is 0 Å². The van der Waals surface area contributed by atoms with Crippen LogP contribution in [0.2, 0.25) is 0 Å². The highest BCUT2D eigenvalue weighted by Gasteiger charge is 2.22. The molecule has 0 aliphatic carbocycles. The lowest BCUT2D eigenvalue weighted by molar-refractivity contribution is 0.0762. The summed E-state index contributed by atoms with van der Waals surface area (Å²) in [4.78, 5) is 21.0. The molecule has 1 fully saturated rings. The summed E-state index contributed by atoms with van der Waals surface area (Å²) in [5.41, 5.74) is 1.13. The Morgan fingerprint density at radius 3 is 2.65 bits per heavy atom. The zero-order chi connectivity index (χ0) is 16.2. The van der Waals surface area contributed by atoms with Gasteiger partial charge in [-0.15, -0.1) is 0 Å². The molecule has 2 aromatic rings. The van der Waals surface area contributed by atoms with E-state index in [9.17, 15) is 9.18 Å². The van der Waals surface area contributed by atoms with E-state index >= 15 is 0 Å². The fraction of sp³-hybridized carbons (Fsp3) is 0.333. The van der Waals surface area contributed by atoms with Crippen LogP contribution in [-0.2, 0) is 0 Å². The average molecular weight is 313 g/mol. The Kier molecular flexibility index (Phi) is 4.55. The van der Waals surface area contributed by atoms with Gasteiger partial charge in [0.05, 0.1) is 5.56 Å². The van der Waals surface area contributed by atoms with Crippen LogP contribution < -0.4 is 4.90 Å². The van der Waals surface area contributed by atoms with Gasteiger partial charge in [-0.2, -0.15) is 0 Å². The molecule has 5 heteroatoms. The molecular weight excluding hydrogens is 293 g/mol. The monoisotopic (exact) mass is 313 g/mol. The summed E-state index contributed by atoms with van der Waals surface area (Å²) in [5.74, 6) is 0.242. The SMILES string of the molecule is Cc1cccc(N2CCCN(C(=O)c3ccccc3F)CC2)n1. The van der Waals surface area contributed by atoms with E-state index in [0.717, 1.165) is 24.5 Å². The van der Waals surface area contributed by atoms with Gasteiger partial charge in [0.1, 0.15) is 11.6 Å². The third-order valence-electron chi connectivity index (χ3n) is 4.08. The molecule has 0 spiro atoms. The summed E-state index contributed by atoms with van der Waals surface area (Å²) >= 11 is 0. The highest BCUT2D eigenvalue weighted by atomic mass is 19.1. The number of amides is 1. The number of carbonyl (C=O) groups is 1. The normalized spacial score (nSPS) is 15.4. The van der Waals surface area contributed by atoms with E-state index in [1.165, 1.54) is 6.07 Å². The molecule has 120 valence electrons. The second kappa shape index (κ2) is 6.77. The standard InChI is InChI=1S/C18H20FN3O/c1-14-6-4-9-17(20-14)21-10-5-11-22(13-12-21)18(23)15-7-2-3-8-16(15)19/h2-4,6-9H,5,10-13H2,1H3. The van der Waals surface area contributed by atoms with Crippen molar-refractivity contribution in [3.8, 4) is 0 Å². The van der Waals surface area contributed by atoms with E-state index in [1.54, 1.807) is 23.1 Å². The van der Waals surface area contributed by atoms with Gasteiger partial charge in [-0.3, -0.25) is 4.79 Å². The van der Waals surface area contributed by atoms with Crippen molar-refractivity contribution in [1.29, 1.82) is 0 Å². The molecule has 23 heavy (non-hydrogen) atoms. The summed E-state index contributed by atoms with van der Waals surface area (Å²) in [6.07, 6.45) is 0.843. The molecule has 0 unspecified atom stereocenters. The second-order valence-electron chi connectivity index (χ2n) is 5.75. The van der Waals surface area contributed by atoms with Crippen LogP contribution in [0.15, 0.2) is 42.5 Å². The Hall–Kier alpha value is -2.43. The Bertz CT molecular complexity index is 704. The number of benzene rings is 1. The predicted molar refractivity (Wildman–Crippen MR) is 88.1 cm³/mol. The van der Waals surface area contributed by atoms with Crippen LogP contribution in [0, 0.1) is 12.7 Å². The van der Waals surface area contributed by atoms with Crippen molar-refractivity contribution in [2.75, 3.05) is 31.1 Å². The second-order valence-corrected chi connectivity index (χ2v) is 5.75. The van der Waals surface area contributed by atoms with Gasteiger partial charge in [0, 0.05) is 31.9 Å². The molecule has 1 aromatic heterocycles. The number of carbonyl (C=O) groups excluding carboxylic acids is 1. The van der Waals surface area contributed by atoms with E-state index in [1.807, 2.05) is 25.1 Å². The summed E-state index contributed by atoms with van der Waals surface area (Å²) in [5, 5.41) is 0. The third kappa shape index (κ3) is 3.50. The highest BCUT2D eigenvalue weighted by Crippen LogP contribution is 2.16. The van der Waals surface area contributed by atoms with Crippen molar-refractivity contribution in [1.82, 2.24) is 9.88 Å². The molecule has 1 saturated heterocycles. The number of halogens is 1. The zero-order valence-electron chi connectivity index (χ0n) is 13.2. The quantitative estimate of drug-likeness (QED) is 0.855. The third-order valence-corrected chi connectivity index (χ3v) is 4.08. The topological polar surface area (TPSA) is 36.4 Å². The fourth-order valence-corrected chi connectivity index (χ4v) is 2.86. The lowest BCUT2D eigenvalue weighted by Crippen LogP contribution is -2.35. The van der Waals surface area contributed by atoms with Gasteiger partial charge in [0.25, 0.3) is 5.91 Å². The summed E-state index contributed by atoms with van der Waals surface area (Å²) in [6.45, 7) is 4.72. The minimum absolute atomic E-state index is 0.148. The van der Waals surface area contributed by atoms with Crippen molar-refractivity contribution in [3.63, 3.8) is 0 Å². The first-order valence-corrected chi connectivity index (χ1v) is 7.87. The van der Waals surface area contributed by atoms with Gasteiger partial charge in [0.15, 0.2) is 0 Å². The summed E-state index contributed by atoms with van der Waals surface area (Å²) < 4.78 is 13.8. The molecule has 1 amide bonds. The van der Waals surface area contributed by atoms with Crippen molar-refractivity contribution >= 4 is 11.7 Å². The van der Waals surface area contributed by atoms with Crippen molar-refractivity contribution in [3.05, 3.63) is 59.5 Å².